The van der Waals surface area contributed by atoms with E-state index in [2.05, 4.69) is 0 Å². The number of hydrogen-bond acceptors (Lipinski definition) is 6. The molecule has 0 atom stereocenters. The van der Waals surface area contributed by atoms with Gasteiger partial charge in [0.05, 0.1) is 17.9 Å². The standard InChI is InChI=1S/3C8H8O2.Y/c3*1-6-4-2-3-5-7(6)8(9)10;/h3*2-5H,1H3,(H,9,10);/q;;;+3/p-3. The Hall–Kier alpha value is -2.83. The van der Waals surface area contributed by atoms with Crippen LogP contribution in [0, 0.1) is 20.8 Å². The van der Waals surface area contributed by atoms with Crippen molar-refractivity contribution in [2.75, 3.05) is 0 Å². The third-order valence-electron chi connectivity index (χ3n) is 4.09. The van der Waals surface area contributed by atoms with Gasteiger partial charge in [-0.3, -0.25) is 0 Å². The number of hydrogen-bond donors (Lipinski definition) is 0. The van der Waals surface area contributed by atoms with Gasteiger partial charge in [0.1, 0.15) is 0 Å². The first kappa shape index (κ1) is 28.2. The van der Waals surface area contributed by atoms with Crippen molar-refractivity contribution in [1.82, 2.24) is 0 Å². The SMILES string of the molecule is Cc1ccccc1C(=O)[O-].Cc1ccccc1C(=O)[O-].Cc1ccccc1C(=O)[O-].[Y+3]. The first-order valence-electron chi connectivity index (χ1n) is 8.96. The number of aryl methyl sites for hydroxylation is 3. The molecule has 0 aliphatic carbocycles. The molecule has 0 saturated heterocycles. The molecule has 3 rings (SSSR count). The second kappa shape index (κ2) is 14.2. The third-order valence-corrected chi connectivity index (χ3v) is 4.09. The normalized spacial score (nSPS) is 9.00. The Morgan fingerprint density at radius 1 is 0.484 bits per heavy atom. The van der Waals surface area contributed by atoms with E-state index >= 15 is 0 Å². The van der Waals surface area contributed by atoms with Gasteiger partial charge in [-0.15, -0.1) is 0 Å². The largest absolute Gasteiger partial charge is 3.00 e. The summed E-state index contributed by atoms with van der Waals surface area (Å²) in [6, 6.07) is 20.2. The van der Waals surface area contributed by atoms with Gasteiger partial charge in [0.15, 0.2) is 0 Å². The molecular formula is C24H21O6Y. The van der Waals surface area contributed by atoms with Gasteiger partial charge in [0.2, 0.25) is 0 Å². The molecule has 3 aromatic carbocycles. The van der Waals surface area contributed by atoms with E-state index in [0.29, 0.717) is 0 Å². The second-order valence-electron chi connectivity index (χ2n) is 6.31. The minimum Gasteiger partial charge on any atom is -0.545 e. The summed E-state index contributed by atoms with van der Waals surface area (Å²) in [7, 11) is 0. The predicted octanol–water partition coefficient (Wildman–Crippen LogP) is 1.07. The van der Waals surface area contributed by atoms with Gasteiger partial charge in [-0.05, 0) is 37.5 Å². The van der Waals surface area contributed by atoms with Crippen molar-refractivity contribution in [1.29, 1.82) is 0 Å². The molecule has 0 unspecified atom stereocenters. The molecule has 0 spiro atoms. The first-order chi connectivity index (χ1) is 14.1. The van der Waals surface area contributed by atoms with Crippen LogP contribution in [0.3, 0.4) is 0 Å². The molecule has 7 heteroatoms. The topological polar surface area (TPSA) is 120 Å². The van der Waals surface area contributed by atoms with Crippen LogP contribution in [0.1, 0.15) is 47.8 Å². The fourth-order valence-electron chi connectivity index (χ4n) is 2.41. The first-order valence-corrected chi connectivity index (χ1v) is 8.96. The molecule has 0 heterocycles. The zero-order valence-electron chi connectivity index (χ0n) is 17.5. The molecule has 0 amide bonds. The van der Waals surface area contributed by atoms with Gasteiger partial charge >= 0.3 is 32.7 Å². The van der Waals surface area contributed by atoms with Crippen LogP contribution in [0.5, 0.6) is 0 Å². The van der Waals surface area contributed by atoms with Crippen LogP contribution >= 0.6 is 0 Å². The zero-order valence-corrected chi connectivity index (χ0v) is 20.3. The maximum atomic E-state index is 10.3. The summed E-state index contributed by atoms with van der Waals surface area (Å²) in [5.74, 6) is -3.34. The monoisotopic (exact) mass is 494 g/mol. The molecule has 0 N–H and O–H groups in total. The summed E-state index contributed by atoms with van der Waals surface area (Å²) in [5, 5.41) is 30.9. The molecular weight excluding hydrogens is 473 g/mol. The van der Waals surface area contributed by atoms with Crippen LogP contribution in [0.15, 0.2) is 72.8 Å². The molecule has 0 radical (unpaired) electrons. The van der Waals surface area contributed by atoms with E-state index in [0.717, 1.165) is 16.7 Å². The summed E-state index contributed by atoms with van der Waals surface area (Å²) in [4.78, 5) is 30.9. The Labute approximate surface area is 206 Å². The average molecular weight is 494 g/mol. The number of aromatic carboxylic acids is 3. The van der Waals surface area contributed by atoms with E-state index in [1.54, 1.807) is 75.4 Å². The number of benzene rings is 3. The fourth-order valence-corrected chi connectivity index (χ4v) is 2.41. The van der Waals surface area contributed by atoms with Crippen molar-refractivity contribution in [3.8, 4) is 0 Å². The smallest absolute Gasteiger partial charge is 0.545 e. The third kappa shape index (κ3) is 9.68. The molecule has 0 fully saturated rings. The maximum Gasteiger partial charge on any atom is 3.00 e. The summed E-state index contributed by atoms with van der Waals surface area (Å²) in [6.45, 7) is 5.22. The fraction of sp³-hybridized carbons (Fsp3) is 0.125. The Morgan fingerprint density at radius 3 is 0.806 bits per heavy atom. The zero-order chi connectivity index (χ0) is 22.7. The van der Waals surface area contributed by atoms with Crippen molar-refractivity contribution in [3.63, 3.8) is 0 Å². The minimum absolute atomic E-state index is 0. The molecule has 0 aromatic heterocycles. The van der Waals surface area contributed by atoms with Gasteiger partial charge in [-0.1, -0.05) is 72.8 Å². The number of carboxylic acids is 3. The van der Waals surface area contributed by atoms with Gasteiger partial charge in [0.25, 0.3) is 0 Å². The predicted molar refractivity (Wildman–Crippen MR) is 107 cm³/mol. The van der Waals surface area contributed by atoms with Crippen molar-refractivity contribution in [3.05, 3.63) is 106 Å². The van der Waals surface area contributed by atoms with Crippen LogP contribution in [0.4, 0.5) is 0 Å². The van der Waals surface area contributed by atoms with Crippen LogP contribution < -0.4 is 15.3 Å². The van der Waals surface area contributed by atoms with Crippen LogP contribution in [0.25, 0.3) is 0 Å². The number of rotatable bonds is 3. The van der Waals surface area contributed by atoms with E-state index in [4.69, 9.17) is 0 Å². The number of carbonyl (C=O) groups is 3. The number of carboxylic acid groups (broad SMARTS) is 3. The Bertz CT molecular complexity index is 898. The summed E-state index contributed by atoms with van der Waals surface area (Å²) >= 11 is 0. The van der Waals surface area contributed by atoms with E-state index in [1.165, 1.54) is 18.2 Å². The second-order valence-corrected chi connectivity index (χ2v) is 6.31. The Kier molecular flexibility index (Phi) is 12.9. The minimum atomic E-state index is -1.11. The Balaban J connectivity index is 0.000000429. The van der Waals surface area contributed by atoms with Gasteiger partial charge in [-0.25, -0.2) is 0 Å². The van der Waals surface area contributed by atoms with Gasteiger partial charge in [-0.2, -0.15) is 0 Å². The molecule has 156 valence electrons. The number of carbonyl (C=O) groups excluding carboxylic acids is 3. The van der Waals surface area contributed by atoms with E-state index in [-0.39, 0.29) is 49.4 Å². The summed E-state index contributed by atoms with van der Waals surface area (Å²) in [6.07, 6.45) is 0. The molecule has 0 aliphatic rings. The van der Waals surface area contributed by atoms with E-state index < -0.39 is 17.9 Å². The molecule has 6 nitrogen and oxygen atoms in total. The van der Waals surface area contributed by atoms with E-state index in [1.807, 2.05) is 0 Å². The average Bonchev–Trinajstić information content (AvgIpc) is 2.69. The van der Waals surface area contributed by atoms with Gasteiger partial charge < -0.3 is 29.7 Å². The van der Waals surface area contributed by atoms with Crippen molar-refractivity contribution in [2.24, 2.45) is 0 Å². The quantitative estimate of drug-likeness (QED) is 0.537. The van der Waals surface area contributed by atoms with Gasteiger partial charge in [0, 0.05) is 16.7 Å². The van der Waals surface area contributed by atoms with Crippen LogP contribution in [0.2, 0.25) is 0 Å². The molecule has 0 aliphatic heterocycles. The molecule has 3 aromatic rings. The Morgan fingerprint density at radius 2 is 0.677 bits per heavy atom. The maximum absolute atomic E-state index is 10.3. The molecule has 31 heavy (non-hydrogen) atoms. The van der Waals surface area contributed by atoms with Crippen molar-refractivity contribution < 1.29 is 62.4 Å². The van der Waals surface area contributed by atoms with Crippen molar-refractivity contribution in [2.45, 2.75) is 20.8 Å². The summed E-state index contributed by atoms with van der Waals surface area (Å²) < 4.78 is 0. The van der Waals surface area contributed by atoms with E-state index in [9.17, 15) is 29.7 Å². The molecule has 0 saturated carbocycles. The van der Waals surface area contributed by atoms with Crippen LogP contribution in [-0.4, -0.2) is 17.9 Å². The summed E-state index contributed by atoms with van der Waals surface area (Å²) in [5.41, 5.74) is 3.01. The molecule has 0 bridgehead atoms. The van der Waals surface area contributed by atoms with Crippen LogP contribution in [-0.2, 0) is 32.7 Å². The van der Waals surface area contributed by atoms with Crippen molar-refractivity contribution >= 4 is 17.9 Å².